The molecule has 0 N–H and O–H groups in total. The average Bonchev–Trinajstić information content (AvgIpc) is 2.84. The molecule has 2 fully saturated rings. The molecule has 0 heteroatoms. The van der Waals surface area contributed by atoms with E-state index < -0.39 is 0 Å². The van der Waals surface area contributed by atoms with Gasteiger partial charge in [0.05, 0.1) is 0 Å². The lowest BCUT2D eigenvalue weighted by molar-refractivity contribution is 0.142. The van der Waals surface area contributed by atoms with Crippen molar-refractivity contribution in [1.82, 2.24) is 0 Å². The van der Waals surface area contributed by atoms with E-state index in [2.05, 4.69) is 69.3 Å². The Morgan fingerprint density at radius 1 is 0.812 bits per heavy atom. The van der Waals surface area contributed by atoms with Crippen molar-refractivity contribution in [2.75, 3.05) is 0 Å². The van der Waals surface area contributed by atoms with Crippen LogP contribution in [0.1, 0.15) is 108 Å². The predicted molar refractivity (Wildman–Crippen MR) is 141 cm³/mol. The van der Waals surface area contributed by atoms with Crippen LogP contribution in [-0.2, 0) is 6.42 Å². The minimum absolute atomic E-state index is 0.775. The first kappa shape index (κ1) is 23.6. The molecule has 2 aromatic carbocycles. The minimum atomic E-state index is 0.775. The Morgan fingerprint density at radius 3 is 2.16 bits per heavy atom. The van der Waals surface area contributed by atoms with Crippen LogP contribution in [0.25, 0.3) is 10.8 Å². The Hall–Kier alpha value is -1.56. The third-order valence-electron chi connectivity index (χ3n) is 9.01. The number of benzene rings is 2. The van der Waals surface area contributed by atoms with Gasteiger partial charge in [0.1, 0.15) is 0 Å². The highest BCUT2D eigenvalue weighted by Crippen LogP contribution is 2.44. The summed E-state index contributed by atoms with van der Waals surface area (Å²) in [7, 11) is 0. The van der Waals surface area contributed by atoms with Crippen LogP contribution in [0.15, 0.2) is 48.6 Å². The maximum absolute atomic E-state index is 2.58. The van der Waals surface area contributed by atoms with Gasteiger partial charge in [0.15, 0.2) is 0 Å². The summed E-state index contributed by atoms with van der Waals surface area (Å²) in [5.41, 5.74) is 3.10. The van der Waals surface area contributed by atoms with Gasteiger partial charge in [0.2, 0.25) is 0 Å². The van der Waals surface area contributed by atoms with Crippen LogP contribution in [0.2, 0.25) is 0 Å². The van der Waals surface area contributed by atoms with Crippen LogP contribution < -0.4 is 0 Å². The van der Waals surface area contributed by atoms with Crippen LogP contribution >= 0.6 is 0 Å². The Kier molecular flexibility index (Phi) is 8.50. The third kappa shape index (κ3) is 5.86. The normalized spacial score (nSPS) is 27.7. The lowest BCUT2D eigenvalue weighted by Crippen LogP contribution is -2.27. The number of unbranched alkanes of at least 4 members (excludes halogenated alkanes) is 2. The van der Waals surface area contributed by atoms with Gasteiger partial charge in [-0.05, 0) is 123 Å². The maximum atomic E-state index is 2.58. The smallest absolute Gasteiger partial charge is 0.0162 e. The van der Waals surface area contributed by atoms with E-state index in [0.717, 1.165) is 29.6 Å². The zero-order valence-electron chi connectivity index (χ0n) is 21.0. The van der Waals surface area contributed by atoms with E-state index in [1.807, 2.05) is 0 Å². The predicted octanol–water partition coefficient (Wildman–Crippen LogP) is 9.86. The Bertz CT molecular complexity index is 859. The lowest BCUT2D eigenvalue weighted by atomic mass is 9.67. The molecule has 0 aromatic heterocycles. The minimum Gasteiger partial charge on any atom is -0.0914 e. The summed E-state index contributed by atoms with van der Waals surface area (Å²) in [6.07, 6.45) is 21.3. The average molecular weight is 431 g/mol. The van der Waals surface area contributed by atoms with Crippen LogP contribution in [0.4, 0.5) is 0 Å². The highest BCUT2D eigenvalue weighted by Gasteiger charge is 2.32. The van der Waals surface area contributed by atoms with Crippen molar-refractivity contribution in [2.45, 2.75) is 104 Å². The molecule has 0 heterocycles. The van der Waals surface area contributed by atoms with Crippen LogP contribution in [0, 0.1) is 23.7 Å². The SMILES string of the molecule is C/C=C/C1CCC(C(C)C2CCC(c3ccc4cc(CCCCC)ccc4c3)CC2)CC1. The fraction of sp³-hybridized carbons (Fsp3) is 0.625. The molecule has 1 unspecified atom stereocenters. The van der Waals surface area contributed by atoms with Crippen molar-refractivity contribution in [2.24, 2.45) is 23.7 Å². The van der Waals surface area contributed by atoms with Gasteiger partial charge >= 0.3 is 0 Å². The summed E-state index contributed by atoms with van der Waals surface area (Å²) < 4.78 is 0. The second kappa shape index (κ2) is 11.5. The monoisotopic (exact) mass is 430 g/mol. The van der Waals surface area contributed by atoms with E-state index >= 15 is 0 Å². The van der Waals surface area contributed by atoms with E-state index in [4.69, 9.17) is 0 Å². The zero-order valence-corrected chi connectivity index (χ0v) is 21.0. The molecule has 2 aromatic rings. The molecule has 0 amide bonds. The first-order chi connectivity index (χ1) is 15.7. The highest BCUT2D eigenvalue weighted by molar-refractivity contribution is 5.84. The second-order valence-electron chi connectivity index (χ2n) is 11.1. The van der Waals surface area contributed by atoms with Gasteiger partial charge < -0.3 is 0 Å². The van der Waals surface area contributed by atoms with E-state index in [0.29, 0.717) is 0 Å². The Balaban J connectivity index is 1.31. The second-order valence-corrected chi connectivity index (χ2v) is 11.1. The summed E-state index contributed by atoms with van der Waals surface area (Å²) in [6.45, 7) is 7.04. The Labute approximate surface area is 197 Å². The standard InChI is InChI=1S/C32H46/c1-4-6-7-9-26-12-15-32-23-31(21-20-30(32)22-26)29-18-16-28(17-19-29)24(3)27-13-10-25(8-5-2)11-14-27/h5,8,12,15,20-25,27-29H,4,6-7,9-11,13-14,16-19H2,1-3H3/b8-5+. The molecule has 4 rings (SSSR count). The van der Waals surface area contributed by atoms with Crippen molar-refractivity contribution in [3.05, 3.63) is 59.7 Å². The molecule has 0 spiro atoms. The van der Waals surface area contributed by atoms with Gasteiger partial charge in [-0.2, -0.15) is 0 Å². The summed E-state index contributed by atoms with van der Waals surface area (Å²) in [5, 5.41) is 2.87. The largest absolute Gasteiger partial charge is 0.0914 e. The van der Waals surface area contributed by atoms with Gasteiger partial charge in [-0.3, -0.25) is 0 Å². The van der Waals surface area contributed by atoms with Crippen molar-refractivity contribution in [3.8, 4) is 0 Å². The molecular weight excluding hydrogens is 384 g/mol. The maximum Gasteiger partial charge on any atom is -0.0162 e. The fourth-order valence-corrected chi connectivity index (χ4v) is 6.80. The van der Waals surface area contributed by atoms with Gasteiger partial charge in [0, 0.05) is 0 Å². The van der Waals surface area contributed by atoms with Crippen molar-refractivity contribution in [1.29, 1.82) is 0 Å². The quantitative estimate of drug-likeness (QED) is 0.289. The fourth-order valence-electron chi connectivity index (χ4n) is 6.80. The molecular formula is C32H46. The molecule has 2 aliphatic carbocycles. The molecule has 0 saturated heterocycles. The van der Waals surface area contributed by atoms with Gasteiger partial charge in [-0.1, -0.05) is 75.2 Å². The number of hydrogen-bond acceptors (Lipinski definition) is 0. The number of allylic oxidation sites excluding steroid dienone is 2. The van der Waals surface area contributed by atoms with Crippen LogP contribution in [-0.4, -0.2) is 0 Å². The summed E-state index contributed by atoms with van der Waals surface area (Å²) in [5.74, 6) is 4.49. The molecule has 0 nitrogen and oxygen atoms in total. The number of aryl methyl sites for hydroxylation is 1. The first-order valence-corrected chi connectivity index (χ1v) is 13.8. The number of hydrogen-bond donors (Lipinski definition) is 0. The Morgan fingerprint density at radius 2 is 1.47 bits per heavy atom. The topological polar surface area (TPSA) is 0 Å². The number of fused-ring (bicyclic) bond motifs is 1. The van der Waals surface area contributed by atoms with Crippen LogP contribution in [0.3, 0.4) is 0 Å². The third-order valence-corrected chi connectivity index (χ3v) is 9.01. The van der Waals surface area contributed by atoms with Crippen molar-refractivity contribution in [3.63, 3.8) is 0 Å². The molecule has 174 valence electrons. The van der Waals surface area contributed by atoms with Gasteiger partial charge in [0.25, 0.3) is 0 Å². The van der Waals surface area contributed by atoms with Crippen LogP contribution in [0.5, 0.6) is 0 Å². The molecule has 0 aliphatic heterocycles. The van der Waals surface area contributed by atoms with E-state index in [9.17, 15) is 0 Å². The first-order valence-electron chi connectivity index (χ1n) is 13.8. The van der Waals surface area contributed by atoms with E-state index in [1.165, 1.54) is 93.4 Å². The molecule has 32 heavy (non-hydrogen) atoms. The van der Waals surface area contributed by atoms with Crippen molar-refractivity contribution < 1.29 is 0 Å². The number of rotatable bonds is 8. The summed E-state index contributed by atoms with van der Waals surface area (Å²) in [6, 6.07) is 14.5. The zero-order chi connectivity index (χ0) is 22.3. The van der Waals surface area contributed by atoms with E-state index in [1.54, 1.807) is 5.56 Å². The molecule has 2 aliphatic rings. The molecule has 2 saturated carbocycles. The highest BCUT2D eigenvalue weighted by atomic mass is 14.4. The van der Waals surface area contributed by atoms with Crippen molar-refractivity contribution >= 4 is 10.8 Å². The van der Waals surface area contributed by atoms with Gasteiger partial charge in [-0.25, -0.2) is 0 Å². The lowest BCUT2D eigenvalue weighted by Gasteiger charge is -2.39. The molecule has 0 radical (unpaired) electrons. The molecule has 0 bridgehead atoms. The molecule has 1 atom stereocenters. The van der Waals surface area contributed by atoms with E-state index in [-0.39, 0.29) is 0 Å². The summed E-state index contributed by atoms with van der Waals surface area (Å²) >= 11 is 0. The summed E-state index contributed by atoms with van der Waals surface area (Å²) in [4.78, 5) is 0. The van der Waals surface area contributed by atoms with Gasteiger partial charge in [-0.15, -0.1) is 0 Å².